The van der Waals surface area contributed by atoms with Gasteiger partial charge in [0.05, 0.1) is 29.0 Å². The van der Waals surface area contributed by atoms with Crippen LogP contribution in [-0.2, 0) is 19.6 Å². The number of benzene rings is 2. The minimum Gasteiger partial charge on any atom is -0.468 e. The highest BCUT2D eigenvalue weighted by molar-refractivity contribution is 8.01. The van der Waals surface area contributed by atoms with Crippen molar-refractivity contribution in [2.24, 2.45) is 0 Å². The molecule has 1 heterocycles. The number of sulfonamides is 1. The second-order valence-corrected chi connectivity index (χ2v) is 10.2. The van der Waals surface area contributed by atoms with Crippen molar-refractivity contribution in [1.29, 1.82) is 0 Å². The topological polar surface area (TPSA) is 119 Å². The first-order valence-corrected chi connectivity index (χ1v) is 12.0. The van der Waals surface area contributed by atoms with Crippen LogP contribution in [0.5, 0.6) is 0 Å². The summed E-state index contributed by atoms with van der Waals surface area (Å²) < 4.78 is 32.0. The number of thioether (sulfide) groups is 1. The lowest BCUT2D eigenvalue weighted by Gasteiger charge is -2.21. The van der Waals surface area contributed by atoms with Gasteiger partial charge in [-0.25, -0.2) is 8.42 Å². The van der Waals surface area contributed by atoms with Gasteiger partial charge in [0.1, 0.15) is 0 Å². The van der Waals surface area contributed by atoms with Crippen molar-refractivity contribution in [2.45, 2.75) is 9.24 Å². The number of carbonyl (C=O) groups is 2. The summed E-state index contributed by atoms with van der Waals surface area (Å²) in [5.41, 5.74) is 0.372. The normalized spacial score (nSPS) is 11.0. The van der Waals surface area contributed by atoms with Crippen LogP contribution in [0.15, 0.2) is 63.8 Å². The number of amides is 1. The van der Waals surface area contributed by atoms with Gasteiger partial charge in [-0.2, -0.15) is 0 Å². The quantitative estimate of drug-likeness (QED) is 0.298. The lowest BCUT2D eigenvalue weighted by Crippen LogP contribution is -2.29. The van der Waals surface area contributed by atoms with Crippen LogP contribution in [0.2, 0.25) is 0 Å². The highest BCUT2D eigenvalue weighted by atomic mass is 32.2. The molecule has 0 spiro atoms. The lowest BCUT2D eigenvalue weighted by atomic mass is 10.1. The van der Waals surface area contributed by atoms with Gasteiger partial charge >= 0.3 is 5.97 Å². The van der Waals surface area contributed by atoms with Crippen molar-refractivity contribution in [3.8, 4) is 0 Å². The van der Waals surface area contributed by atoms with Crippen LogP contribution in [-0.4, -0.2) is 50.4 Å². The van der Waals surface area contributed by atoms with Crippen LogP contribution >= 0.6 is 23.1 Å². The fourth-order valence-corrected chi connectivity index (χ4v) is 5.30. The number of esters is 1. The van der Waals surface area contributed by atoms with Gasteiger partial charge in [0, 0.05) is 7.05 Å². The zero-order valence-electron chi connectivity index (χ0n) is 16.5. The minimum atomic E-state index is -3.85. The summed E-state index contributed by atoms with van der Waals surface area (Å²) in [5.74, 6) is -0.863. The third-order valence-electron chi connectivity index (χ3n) is 4.06. The van der Waals surface area contributed by atoms with E-state index in [-0.39, 0.29) is 27.0 Å². The summed E-state index contributed by atoms with van der Waals surface area (Å²) in [5, 5.41) is 10.6. The highest BCUT2D eigenvalue weighted by Crippen LogP contribution is 2.28. The molecule has 0 radical (unpaired) electrons. The van der Waals surface area contributed by atoms with Crippen LogP contribution in [0.4, 0.5) is 10.8 Å². The first-order valence-electron chi connectivity index (χ1n) is 8.80. The molecule has 0 aliphatic rings. The highest BCUT2D eigenvalue weighted by Gasteiger charge is 2.25. The minimum absolute atomic E-state index is 0.0735. The number of anilines is 2. The van der Waals surface area contributed by atoms with Crippen molar-refractivity contribution >= 4 is 55.8 Å². The second-order valence-electron chi connectivity index (χ2n) is 5.99. The summed E-state index contributed by atoms with van der Waals surface area (Å²) in [4.78, 5) is 24.2. The van der Waals surface area contributed by atoms with E-state index in [1.807, 2.05) is 0 Å². The van der Waals surface area contributed by atoms with Gasteiger partial charge in [0.15, 0.2) is 4.34 Å². The van der Waals surface area contributed by atoms with Gasteiger partial charge in [-0.15, -0.1) is 10.2 Å². The van der Waals surface area contributed by atoms with Crippen molar-refractivity contribution in [1.82, 2.24) is 10.2 Å². The van der Waals surface area contributed by atoms with E-state index in [1.54, 1.807) is 36.4 Å². The van der Waals surface area contributed by atoms with Crippen LogP contribution < -0.4 is 9.62 Å². The van der Waals surface area contributed by atoms with E-state index in [9.17, 15) is 18.0 Å². The molecule has 1 aromatic heterocycles. The summed E-state index contributed by atoms with van der Waals surface area (Å²) in [6.45, 7) is 0. The molecule has 0 saturated heterocycles. The molecule has 0 fully saturated rings. The Morgan fingerprint density at radius 2 is 1.77 bits per heavy atom. The molecule has 0 saturated carbocycles. The molecule has 3 aromatic rings. The number of nitrogens with zero attached hydrogens (tertiary/aromatic N) is 3. The van der Waals surface area contributed by atoms with Crippen molar-refractivity contribution in [2.75, 3.05) is 29.5 Å². The molecule has 31 heavy (non-hydrogen) atoms. The molecule has 0 atom stereocenters. The molecule has 1 N–H and O–H groups in total. The van der Waals surface area contributed by atoms with Crippen molar-refractivity contribution < 1.29 is 22.7 Å². The molecule has 9 nitrogen and oxygen atoms in total. The molecule has 162 valence electrons. The number of aromatic nitrogens is 2. The molecule has 0 bridgehead atoms. The summed E-state index contributed by atoms with van der Waals surface area (Å²) in [7, 11) is -1.17. The van der Waals surface area contributed by atoms with E-state index in [1.165, 1.54) is 32.4 Å². The molecule has 2 aromatic carbocycles. The summed E-state index contributed by atoms with van der Waals surface area (Å²) in [6.07, 6.45) is 0. The molecule has 0 aliphatic carbocycles. The van der Waals surface area contributed by atoms with Gasteiger partial charge in [-0.1, -0.05) is 53.4 Å². The molecular formula is C19H18N4O5S3. The average molecular weight is 479 g/mol. The van der Waals surface area contributed by atoms with Crippen molar-refractivity contribution in [3.05, 3.63) is 60.2 Å². The summed E-state index contributed by atoms with van der Waals surface area (Å²) in [6, 6.07) is 14.3. The van der Waals surface area contributed by atoms with Gasteiger partial charge in [0.25, 0.3) is 15.9 Å². The number of methoxy groups -OCH3 is 1. The number of para-hydroxylation sites is 1. The SMILES string of the molecule is COC(=O)CSc1nnc(NC(=O)c2ccccc2N(C)S(=O)(=O)c2ccccc2)s1. The maximum atomic E-state index is 13.0. The van der Waals surface area contributed by atoms with E-state index in [2.05, 4.69) is 20.3 Å². The maximum absolute atomic E-state index is 13.0. The van der Waals surface area contributed by atoms with Gasteiger partial charge in [0.2, 0.25) is 5.13 Å². The first kappa shape index (κ1) is 22.7. The zero-order chi connectivity index (χ0) is 22.4. The Labute approximate surface area is 187 Å². The van der Waals surface area contributed by atoms with E-state index < -0.39 is 21.9 Å². The predicted molar refractivity (Wildman–Crippen MR) is 119 cm³/mol. The van der Waals surface area contributed by atoms with Crippen LogP contribution in [0.25, 0.3) is 0 Å². The Bertz CT molecular complexity index is 1180. The molecule has 1 amide bonds. The fourth-order valence-electron chi connectivity index (χ4n) is 2.48. The Morgan fingerprint density at radius 3 is 2.48 bits per heavy atom. The third-order valence-corrected chi connectivity index (χ3v) is 7.79. The number of rotatable bonds is 8. The van der Waals surface area contributed by atoms with Gasteiger partial charge in [-0.05, 0) is 24.3 Å². The van der Waals surface area contributed by atoms with E-state index >= 15 is 0 Å². The van der Waals surface area contributed by atoms with E-state index in [0.717, 1.165) is 27.4 Å². The van der Waals surface area contributed by atoms with Gasteiger partial charge in [-0.3, -0.25) is 19.2 Å². The van der Waals surface area contributed by atoms with Crippen LogP contribution in [0, 0.1) is 0 Å². The number of hydrogen-bond acceptors (Lipinski definition) is 9. The zero-order valence-corrected chi connectivity index (χ0v) is 19.0. The standard InChI is InChI=1S/C19H18N4O5S3/c1-23(31(26,27)13-8-4-3-5-9-13)15-11-7-6-10-14(15)17(25)20-18-21-22-19(30-18)29-12-16(24)28-2/h3-11H,12H2,1-2H3,(H,20,21,25). The molecular weight excluding hydrogens is 460 g/mol. The fraction of sp³-hybridized carbons (Fsp3) is 0.158. The van der Waals surface area contributed by atoms with E-state index in [0.29, 0.717) is 4.34 Å². The molecule has 3 rings (SSSR count). The van der Waals surface area contributed by atoms with Gasteiger partial charge < -0.3 is 4.74 Å². The third kappa shape index (κ3) is 5.40. The largest absolute Gasteiger partial charge is 0.468 e. The van der Waals surface area contributed by atoms with Crippen molar-refractivity contribution in [3.63, 3.8) is 0 Å². The summed E-state index contributed by atoms with van der Waals surface area (Å²) >= 11 is 2.23. The average Bonchev–Trinajstić information content (AvgIpc) is 3.24. The lowest BCUT2D eigenvalue weighted by molar-refractivity contribution is -0.137. The maximum Gasteiger partial charge on any atom is 0.316 e. The molecule has 0 aliphatic heterocycles. The number of carbonyl (C=O) groups excluding carboxylic acids is 2. The van der Waals surface area contributed by atoms with Crippen LogP contribution in [0.3, 0.4) is 0 Å². The van der Waals surface area contributed by atoms with E-state index in [4.69, 9.17) is 0 Å². The number of hydrogen-bond donors (Lipinski definition) is 1. The number of nitrogens with one attached hydrogen (secondary N) is 1. The monoisotopic (exact) mass is 478 g/mol. The molecule has 12 heteroatoms. The Balaban J connectivity index is 1.79. The number of ether oxygens (including phenoxy) is 1. The Morgan fingerprint density at radius 1 is 1.10 bits per heavy atom. The molecule has 0 unspecified atom stereocenters. The predicted octanol–water partition coefficient (Wildman–Crippen LogP) is 2.88. The smallest absolute Gasteiger partial charge is 0.316 e. The first-order chi connectivity index (χ1) is 14.8. The second kappa shape index (κ2) is 9.90. The Kier molecular flexibility index (Phi) is 7.25. The Hall–Kier alpha value is -2.96. The van der Waals surface area contributed by atoms with Crippen LogP contribution in [0.1, 0.15) is 10.4 Å².